The van der Waals surface area contributed by atoms with E-state index in [9.17, 15) is 18.0 Å². The van der Waals surface area contributed by atoms with Crippen molar-refractivity contribution in [3.63, 3.8) is 0 Å². The Kier molecular flexibility index (Phi) is 4.74. The van der Waals surface area contributed by atoms with Gasteiger partial charge in [0.05, 0.1) is 17.3 Å². The Bertz CT molecular complexity index is 1170. The fourth-order valence-corrected chi connectivity index (χ4v) is 2.90. The van der Waals surface area contributed by atoms with E-state index in [1.165, 1.54) is 12.1 Å². The summed E-state index contributed by atoms with van der Waals surface area (Å²) in [5.74, 6) is 0.469. The number of carbonyl (C=O) groups is 1. The molecule has 27 heavy (non-hydrogen) atoms. The van der Waals surface area contributed by atoms with Crippen LogP contribution in [0.5, 0.6) is 11.5 Å². The maximum absolute atomic E-state index is 12.5. The average molecular weight is 390 g/mol. The molecule has 0 saturated carbocycles. The Morgan fingerprint density at radius 2 is 1.85 bits per heavy atom. The number of sulfonamides is 1. The van der Waals surface area contributed by atoms with E-state index in [1.807, 2.05) is 5.32 Å². The molecule has 3 N–H and O–H groups in total. The van der Waals surface area contributed by atoms with Crippen molar-refractivity contribution >= 4 is 38.5 Å². The van der Waals surface area contributed by atoms with Crippen LogP contribution in [0.3, 0.4) is 0 Å². The summed E-state index contributed by atoms with van der Waals surface area (Å²) in [5.41, 5.74) is -0.787. The molecule has 0 fully saturated rings. The second kappa shape index (κ2) is 7.00. The molecule has 0 unspecified atom stereocenters. The topological polar surface area (TPSA) is 135 Å². The second-order valence-corrected chi connectivity index (χ2v) is 7.29. The van der Waals surface area contributed by atoms with Crippen molar-refractivity contribution in [2.45, 2.75) is 0 Å². The number of amides is 1. The lowest BCUT2D eigenvalue weighted by atomic mass is 10.2. The molecule has 0 aliphatic carbocycles. The van der Waals surface area contributed by atoms with Crippen LogP contribution in [0, 0.1) is 0 Å². The van der Waals surface area contributed by atoms with Crippen LogP contribution >= 0.6 is 0 Å². The maximum Gasteiger partial charge on any atom is 0.409 e. The summed E-state index contributed by atoms with van der Waals surface area (Å²) in [6.45, 7) is 0. The van der Waals surface area contributed by atoms with Gasteiger partial charge in [0.15, 0.2) is 5.75 Å². The van der Waals surface area contributed by atoms with E-state index in [4.69, 9.17) is 14.3 Å². The number of benzene rings is 2. The van der Waals surface area contributed by atoms with Gasteiger partial charge in [0.1, 0.15) is 23.3 Å². The molecule has 10 heteroatoms. The number of carboxylic acid groups (broad SMARTS) is 1. The largest absolute Gasteiger partial charge is 0.465 e. The van der Waals surface area contributed by atoms with Crippen LogP contribution in [0.2, 0.25) is 0 Å². The number of hydrogen-bond acceptors (Lipinski definition) is 6. The predicted molar refractivity (Wildman–Crippen MR) is 99.1 cm³/mol. The summed E-state index contributed by atoms with van der Waals surface area (Å²) in [6, 6.07) is 11.1. The quantitative estimate of drug-likeness (QED) is 0.609. The first-order valence-electron chi connectivity index (χ1n) is 7.53. The summed E-state index contributed by atoms with van der Waals surface area (Å²) in [7, 11) is -3.63. The number of ether oxygens (including phenoxy) is 1. The average Bonchev–Trinajstić information content (AvgIpc) is 2.58. The molecular weight excluding hydrogens is 376 g/mol. The van der Waals surface area contributed by atoms with Crippen LogP contribution in [0.25, 0.3) is 11.0 Å². The SMILES string of the molecule is CS(=O)(=O)Nc1cc2occ(NC(=O)O)c(=O)c2cc1Oc1ccccc1. The van der Waals surface area contributed by atoms with E-state index in [1.54, 1.807) is 30.3 Å². The highest BCUT2D eigenvalue weighted by Gasteiger charge is 2.16. The van der Waals surface area contributed by atoms with Crippen molar-refractivity contribution in [3.05, 3.63) is 59.0 Å². The lowest BCUT2D eigenvalue weighted by Crippen LogP contribution is -2.16. The Morgan fingerprint density at radius 1 is 1.15 bits per heavy atom. The van der Waals surface area contributed by atoms with E-state index in [0.717, 1.165) is 12.5 Å². The highest BCUT2D eigenvalue weighted by Crippen LogP contribution is 2.34. The zero-order chi connectivity index (χ0) is 19.6. The van der Waals surface area contributed by atoms with Gasteiger partial charge in [-0.05, 0) is 18.2 Å². The van der Waals surface area contributed by atoms with Gasteiger partial charge in [-0.2, -0.15) is 0 Å². The first-order valence-corrected chi connectivity index (χ1v) is 9.42. The molecule has 0 saturated heterocycles. The Hall–Kier alpha value is -3.53. The van der Waals surface area contributed by atoms with Gasteiger partial charge in [-0.15, -0.1) is 0 Å². The first kappa shape index (κ1) is 18.3. The first-order chi connectivity index (χ1) is 12.7. The summed E-state index contributed by atoms with van der Waals surface area (Å²) in [4.78, 5) is 23.3. The summed E-state index contributed by atoms with van der Waals surface area (Å²) in [6.07, 6.45) is 0.498. The summed E-state index contributed by atoms with van der Waals surface area (Å²) in [5, 5.41) is 10.8. The number of anilines is 2. The molecule has 140 valence electrons. The molecule has 0 radical (unpaired) electrons. The van der Waals surface area contributed by atoms with Gasteiger partial charge in [-0.25, -0.2) is 13.2 Å². The minimum absolute atomic E-state index is 0.0197. The van der Waals surface area contributed by atoms with Crippen LogP contribution in [0.15, 0.2) is 57.9 Å². The van der Waals surface area contributed by atoms with Crippen LogP contribution in [0.4, 0.5) is 16.2 Å². The van der Waals surface area contributed by atoms with Gasteiger partial charge in [-0.3, -0.25) is 14.8 Å². The molecule has 0 bridgehead atoms. The van der Waals surface area contributed by atoms with E-state index >= 15 is 0 Å². The maximum atomic E-state index is 12.5. The molecule has 1 amide bonds. The molecule has 0 spiro atoms. The lowest BCUT2D eigenvalue weighted by Gasteiger charge is -2.13. The minimum Gasteiger partial charge on any atom is -0.465 e. The normalized spacial score (nSPS) is 11.1. The number of para-hydroxylation sites is 1. The fraction of sp³-hybridized carbons (Fsp3) is 0.0588. The van der Waals surface area contributed by atoms with Gasteiger partial charge < -0.3 is 14.3 Å². The molecule has 9 nitrogen and oxygen atoms in total. The number of hydrogen-bond donors (Lipinski definition) is 3. The molecule has 3 rings (SSSR count). The summed E-state index contributed by atoms with van der Waals surface area (Å²) < 4.78 is 36.6. The van der Waals surface area contributed by atoms with Crippen LogP contribution in [-0.4, -0.2) is 25.9 Å². The highest BCUT2D eigenvalue weighted by atomic mass is 32.2. The Morgan fingerprint density at radius 3 is 2.48 bits per heavy atom. The standard InChI is InChI=1S/C17H14N2O7S/c1-27(23,24)19-12-8-14-11(16(20)13(9-25-14)18-17(21)22)7-15(12)26-10-5-3-2-4-6-10/h2-9,18-19H,1H3,(H,21,22). The highest BCUT2D eigenvalue weighted by molar-refractivity contribution is 7.92. The van der Waals surface area contributed by atoms with Crippen LogP contribution in [0.1, 0.15) is 0 Å². The van der Waals surface area contributed by atoms with Crippen LogP contribution < -0.4 is 20.2 Å². The third-order valence-electron chi connectivity index (χ3n) is 3.38. The van der Waals surface area contributed by atoms with Crippen LogP contribution in [-0.2, 0) is 10.0 Å². The third kappa shape index (κ3) is 4.36. The van der Waals surface area contributed by atoms with Crippen molar-refractivity contribution in [1.29, 1.82) is 0 Å². The van der Waals surface area contributed by atoms with Gasteiger partial charge in [0.2, 0.25) is 15.5 Å². The van der Waals surface area contributed by atoms with Gasteiger partial charge in [0.25, 0.3) is 0 Å². The molecule has 1 aromatic heterocycles. The molecule has 1 heterocycles. The van der Waals surface area contributed by atoms with Crippen molar-refractivity contribution in [3.8, 4) is 11.5 Å². The zero-order valence-corrected chi connectivity index (χ0v) is 14.7. The number of fused-ring (bicyclic) bond motifs is 1. The minimum atomic E-state index is -3.63. The van der Waals surface area contributed by atoms with Crippen molar-refractivity contribution in [2.75, 3.05) is 16.3 Å². The summed E-state index contributed by atoms with van der Waals surface area (Å²) >= 11 is 0. The second-order valence-electron chi connectivity index (χ2n) is 5.54. The Balaban J connectivity index is 2.18. The van der Waals surface area contributed by atoms with Crippen molar-refractivity contribution in [2.24, 2.45) is 0 Å². The number of nitrogens with one attached hydrogen (secondary N) is 2. The van der Waals surface area contributed by atoms with E-state index in [0.29, 0.717) is 5.75 Å². The fourth-order valence-electron chi connectivity index (χ4n) is 2.34. The number of rotatable bonds is 5. The van der Waals surface area contributed by atoms with E-state index < -0.39 is 21.5 Å². The molecular formula is C17H14N2O7S. The molecule has 0 atom stereocenters. The van der Waals surface area contributed by atoms with Gasteiger partial charge in [0, 0.05) is 6.07 Å². The molecule has 2 aromatic carbocycles. The van der Waals surface area contributed by atoms with Crippen molar-refractivity contribution < 1.29 is 27.5 Å². The Labute approximate surface area is 153 Å². The monoisotopic (exact) mass is 390 g/mol. The third-order valence-corrected chi connectivity index (χ3v) is 3.97. The smallest absolute Gasteiger partial charge is 0.409 e. The molecule has 3 aromatic rings. The van der Waals surface area contributed by atoms with E-state index in [-0.39, 0.29) is 28.1 Å². The molecule has 0 aliphatic rings. The van der Waals surface area contributed by atoms with Gasteiger partial charge in [-0.1, -0.05) is 18.2 Å². The van der Waals surface area contributed by atoms with Crippen molar-refractivity contribution in [1.82, 2.24) is 0 Å². The zero-order valence-electron chi connectivity index (χ0n) is 13.9. The van der Waals surface area contributed by atoms with E-state index in [2.05, 4.69) is 4.72 Å². The predicted octanol–water partition coefficient (Wildman–Crippen LogP) is 3.05. The van der Waals surface area contributed by atoms with Gasteiger partial charge >= 0.3 is 6.09 Å². The molecule has 0 aliphatic heterocycles. The lowest BCUT2D eigenvalue weighted by molar-refractivity contribution is 0.209.